The SMILES string of the molecule is CCCCC(CC)CNC(=O)c1cc(-c2csc(C)n2)n(Cc2ccc(OC)cc2)c1C. The molecule has 5 nitrogen and oxygen atoms in total. The molecule has 0 saturated carbocycles. The second-order valence-corrected chi connectivity index (χ2v) is 9.40. The first-order valence-electron chi connectivity index (χ1n) is 11.5. The van der Waals surface area contributed by atoms with E-state index in [9.17, 15) is 4.79 Å². The molecule has 2 heterocycles. The van der Waals surface area contributed by atoms with Gasteiger partial charge in [0, 0.05) is 24.2 Å². The maximum Gasteiger partial charge on any atom is 0.253 e. The predicted octanol–water partition coefficient (Wildman–Crippen LogP) is 6.23. The molecule has 1 atom stereocenters. The fourth-order valence-electron chi connectivity index (χ4n) is 3.96. The van der Waals surface area contributed by atoms with E-state index in [1.165, 1.54) is 12.8 Å². The molecule has 1 aromatic carbocycles. The zero-order valence-electron chi connectivity index (χ0n) is 19.9. The van der Waals surface area contributed by atoms with Gasteiger partial charge in [0.25, 0.3) is 5.91 Å². The molecule has 3 rings (SSSR count). The first kappa shape index (κ1) is 24.1. The average Bonchev–Trinajstić information content (AvgIpc) is 3.37. The summed E-state index contributed by atoms with van der Waals surface area (Å²) in [6.07, 6.45) is 4.64. The fourth-order valence-corrected chi connectivity index (χ4v) is 4.57. The van der Waals surface area contributed by atoms with Crippen LogP contribution < -0.4 is 10.1 Å². The van der Waals surface area contributed by atoms with Gasteiger partial charge in [-0.1, -0.05) is 45.2 Å². The third-order valence-corrected chi connectivity index (χ3v) is 6.86. The molecule has 0 aliphatic heterocycles. The van der Waals surface area contributed by atoms with E-state index in [0.29, 0.717) is 12.5 Å². The highest BCUT2D eigenvalue weighted by Crippen LogP contribution is 2.28. The number of methoxy groups -OCH3 is 1. The normalized spacial score (nSPS) is 12.0. The van der Waals surface area contributed by atoms with Crippen molar-refractivity contribution >= 4 is 17.2 Å². The van der Waals surface area contributed by atoms with Crippen molar-refractivity contribution in [2.24, 2.45) is 5.92 Å². The number of rotatable bonds is 11. The number of amides is 1. The Morgan fingerprint density at radius 3 is 2.56 bits per heavy atom. The van der Waals surface area contributed by atoms with Gasteiger partial charge in [0.1, 0.15) is 5.75 Å². The van der Waals surface area contributed by atoms with Crippen LogP contribution in [0.5, 0.6) is 5.75 Å². The van der Waals surface area contributed by atoms with Crippen LogP contribution in [-0.2, 0) is 6.54 Å². The average molecular weight is 454 g/mol. The Labute approximate surface area is 195 Å². The molecule has 3 aromatic rings. The number of unbranched alkanes of at least 4 members (excludes halogenated alkanes) is 1. The summed E-state index contributed by atoms with van der Waals surface area (Å²) in [5.74, 6) is 1.36. The van der Waals surface area contributed by atoms with Crippen LogP contribution in [0.2, 0.25) is 0 Å². The number of carbonyl (C=O) groups is 1. The van der Waals surface area contributed by atoms with E-state index in [1.54, 1.807) is 18.4 Å². The van der Waals surface area contributed by atoms with E-state index in [2.05, 4.69) is 41.2 Å². The van der Waals surface area contributed by atoms with E-state index in [4.69, 9.17) is 9.72 Å². The summed E-state index contributed by atoms with van der Waals surface area (Å²) in [6.45, 7) is 9.84. The van der Waals surface area contributed by atoms with Gasteiger partial charge < -0.3 is 14.6 Å². The number of nitrogens with one attached hydrogen (secondary N) is 1. The van der Waals surface area contributed by atoms with Gasteiger partial charge in [-0.2, -0.15) is 0 Å². The van der Waals surface area contributed by atoms with Crippen LogP contribution in [0.1, 0.15) is 66.2 Å². The first-order valence-corrected chi connectivity index (χ1v) is 12.4. The topological polar surface area (TPSA) is 56.2 Å². The van der Waals surface area contributed by atoms with Crippen LogP contribution in [0.4, 0.5) is 0 Å². The van der Waals surface area contributed by atoms with Crippen molar-refractivity contribution < 1.29 is 9.53 Å². The monoisotopic (exact) mass is 453 g/mol. The van der Waals surface area contributed by atoms with E-state index >= 15 is 0 Å². The lowest BCUT2D eigenvalue weighted by Gasteiger charge is -2.15. The highest BCUT2D eigenvalue weighted by molar-refractivity contribution is 7.09. The van der Waals surface area contributed by atoms with Crippen molar-refractivity contribution in [3.05, 3.63) is 57.5 Å². The predicted molar refractivity (Wildman–Crippen MR) is 133 cm³/mol. The largest absolute Gasteiger partial charge is 0.497 e. The number of aromatic nitrogens is 2. The van der Waals surface area contributed by atoms with Gasteiger partial charge in [-0.15, -0.1) is 11.3 Å². The third kappa shape index (κ3) is 5.80. The summed E-state index contributed by atoms with van der Waals surface area (Å²) in [4.78, 5) is 17.8. The molecule has 172 valence electrons. The number of benzene rings is 1. The molecule has 0 aliphatic carbocycles. The van der Waals surface area contributed by atoms with Crippen LogP contribution in [0.15, 0.2) is 35.7 Å². The minimum Gasteiger partial charge on any atom is -0.497 e. The smallest absolute Gasteiger partial charge is 0.253 e. The van der Waals surface area contributed by atoms with Crippen LogP contribution in [0.25, 0.3) is 11.4 Å². The first-order chi connectivity index (χ1) is 15.5. The third-order valence-electron chi connectivity index (χ3n) is 6.09. The molecule has 1 unspecified atom stereocenters. The Kier molecular flexibility index (Phi) is 8.51. The summed E-state index contributed by atoms with van der Waals surface area (Å²) in [5, 5.41) is 6.27. The molecular formula is C26H35N3O2S. The van der Waals surface area contributed by atoms with Gasteiger partial charge in [-0.3, -0.25) is 4.79 Å². The Hall–Kier alpha value is -2.60. The lowest BCUT2D eigenvalue weighted by molar-refractivity contribution is 0.0945. The van der Waals surface area contributed by atoms with Gasteiger partial charge in [-0.25, -0.2) is 4.98 Å². The van der Waals surface area contributed by atoms with Crippen LogP contribution in [-0.4, -0.2) is 29.1 Å². The number of hydrogen-bond acceptors (Lipinski definition) is 4. The summed E-state index contributed by atoms with van der Waals surface area (Å²) in [6, 6.07) is 10.1. The van der Waals surface area contributed by atoms with Crippen molar-refractivity contribution in [3.63, 3.8) is 0 Å². The van der Waals surface area contributed by atoms with Crippen LogP contribution in [0, 0.1) is 19.8 Å². The Balaban J connectivity index is 1.87. The Morgan fingerprint density at radius 2 is 1.97 bits per heavy atom. The van der Waals surface area contributed by atoms with Gasteiger partial charge in [0.2, 0.25) is 0 Å². The number of hydrogen-bond donors (Lipinski definition) is 1. The highest BCUT2D eigenvalue weighted by Gasteiger charge is 2.20. The summed E-state index contributed by atoms with van der Waals surface area (Å²) < 4.78 is 7.48. The molecule has 0 saturated heterocycles. The molecule has 0 spiro atoms. The van der Waals surface area contributed by atoms with E-state index < -0.39 is 0 Å². The van der Waals surface area contributed by atoms with Crippen molar-refractivity contribution in [2.45, 2.75) is 59.9 Å². The molecule has 32 heavy (non-hydrogen) atoms. The summed E-state index contributed by atoms with van der Waals surface area (Å²) in [5.41, 5.74) is 4.73. The minimum absolute atomic E-state index is 0.000805. The zero-order chi connectivity index (χ0) is 23.1. The fraction of sp³-hybridized carbons (Fsp3) is 0.462. The second kappa shape index (κ2) is 11.3. The molecule has 0 bridgehead atoms. The Bertz CT molecular complexity index is 1020. The van der Waals surface area contributed by atoms with E-state index in [-0.39, 0.29) is 5.91 Å². The number of aryl methyl sites for hydroxylation is 1. The number of carbonyl (C=O) groups excluding carboxylic acids is 1. The van der Waals surface area contributed by atoms with Crippen LogP contribution in [0.3, 0.4) is 0 Å². The minimum atomic E-state index is -0.000805. The van der Waals surface area contributed by atoms with E-state index in [1.807, 2.05) is 32.0 Å². The summed E-state index contributed by atoms with van der Waals surface area (Å²) >= 11 is 1.63. The van der Waals surface area contributed by atoms with E-state index in [0.717, 1.165) is 58.4 Å². The van der Waals surface area contributed by atoms with Gasteiger partial charge in [0.15, 0.2) is 0 Å². The lowest BCUT2D eigenvalue weighted by Crippen LogP contribution is -2.29. The number of nitrogens with zero attached hydrogens (tertiary/aromatic N) is 2. The highest BCUT2D eigenvalue weighted by atomic mass is 32.1. The lowest BCUT2D eigenvalue weighted by atomic mass is 9.99. The molecule has 1 N–H and O–H groups in total. The molecule has 0 radical (unpaired) electrons. The summed E-state index contributed by atoms with van der Waals surface area (Å²) in [7, 11) is 1.67. The molecule has 6 heteroatoms. The second-order valence-electron chi connectivity index (χ2n) is 8.34. The molecule has 2 aromatic heterocycles. The van der Waals surface area contributed by atoms with Crippen LogP contribution >= 0.6 is 11.3 Å². The number of ether oxygens (including phenoxy) is 1. The van der Waals surface area contributed by atoms with Crippen molar-refractivity contribution in [2.75, 3.05) is 13.7 Å². The maximum absolute atomic E-state index is 13.1. The molecular weight excluding hydrogens is 418 g/mol. The standard InChI is InChI=1S/C26H35N3O2S/c1-6-8-9-20(7-2)15-27-26(30)23-14-25(24-17-32-19(4)28-24)29(18(23)3)16-21-10-12-22(31-5)13-11-21/h10-14,17,20H,6-9,15-16H2,1-5H3,(H,27,30). The van der Waals surface area contributed by atoms with Gasteiger partial charge >= 0.3 is 0 Å². The zero-order valence-corrected chi connectivity index (χ0v) is 20.7. The van der Waals surface area contributed by atoms with Crippen molar-refractivity contribution in [3.8, 4) is 17.1 Å². The molecule has 0 fully saturated rings. The van der Waals surface area contributed by atoms with Gasteiger partial charge in [-0.05, 0) is 49.9 Å². The quantitative estimate of drug-likeness (QED) is 0.374. The molecule has 0 aliphatic rings. The number of thiazole rings is 1. The van der Waals surface area contributed by atoms with Gasteiger partial charge in [0.05, 0.1) is 29.1 Å². The molecule has 1 amide bonds. The maximum atomic E-state index is 13.1. The van der Waals surface area contributed by atoms with Crippen molar-refractivity contribution in [1.82, 2.24) is 14.9 Å². The Morgan fingerprint density at radius 1 is 1.22 bits per heavy atom. The van der Waals surface area contributed by atoms with Crippen molar-refractivity contribution in [1.29, 1.82) is 0 Å².